The van der Waals surface area contributed by atoms with Crippen LogP contribution in [0.1, 0.15) is 40.9 Å². The SMILES string of the molecule is CS(=O)(=O)N(Cc1ccccc1)c1ccc2sc(C(=O)N3CCCCCC3)cc2c1. The van der Waals surface area contributed by atoms with Gasteiger partial charge in [-0.25, -0.2) is 8.42 Å². The van der Waals surface area contributed by atoms with Crippen LogP contribution in [0.4, 0.5) is 5.69 Å². The number of amides is 1. The molecule has 1 aromatic heterocycles. The number of benzene rings is 2. The molecule has 5 nitrogen and oxygen atoms in total. The molecule has 158 valence electrons. The van der Waals surface area contributed by atoms with Crippen molar-refractivity contribution >= 4 is 43.0 Å². The number of hydrogen-bond acceptors (Lipinski definition) is 4. The second kappa shape index (κ2) is 8.78. The number of carbonyl (C=O) groups is 1. The van der Waals surface area contributed by atoms with E-state index in [0.717, 1.165) is 46.5 Å². The molecule has 0 bridgehead atoms. The van der Waals surface area contributed by atoms with Gasteiger partial charge in [0.15, 0.2) is 0 Å². The summed E-state index contributed by atoms with van der Waals surface area (Å²) in [4.78, 5) is 15.6. The van der Waals surface area contributed by atoms with E-state index >= 15 is 0 Å². The maximum Gasteiger partial charge on any atom is 0.263 e. The van der Waals surface area contributed by atoms with E-state index in [1.807, 2.05) is 59.5 Å². The van der Waals surface area contributed by atoms with Gasteiger partial charge in [-0.2, -0.15) is 0 Å². The van der Waals surface area contributed by atoms with Crippen LogP contribution in [0.15, 0.2) is 54.6 Å². The number of rotatable bonds is 5. The first kappa shape index (κ1) is 20.9. The smallest absolute Gasteiger partial charge is 0.263 e. The first-order valence-corrected chi connectivity index (χ1v) is 12.9. The highest BCUT2D eigenvalue weighted by molar-refractivity contribution is 7.92. The fourth-order valence-corrected chi connectivity index (χ4v) is 5.76. The number of anilines is 1. The van der Waals surface area contributed by atoms with Gasteiger partial charge in [-0.1, -0.05) is 43.2 Å². The van der Waals surface area contributed by atoms with Gasteiger partial charge in [0, 0.05) is 17.8 Å². The van der Waals surface area contributed by atoms with Crippen molar-refractivity contribution in [2.75, 3.05) is 23.7 Å². The number of fused-ring (bicyclic) bond motifs is 1. The van der Waals surface area contributed by atoms with Crippen molar-refractivity contribution in [2.45, 2.75) is 32.2 Å². The minimum Gasteiger partial charge on any atom is -0.338 e. The van der Waals surface area contributed by atoms with Gasteiger partial charge >= 0.3 is 0 Å². The standard InChI is InChI=1S/C23H26N2O3S2/c1-30(27,28)25(17-18-9-5-4-6-10-18)20-11-12-21-19(15-20)16-22(29-21)23(26)24-13-7-2-3-8-14-24/h4-6,9-12,15-16H,2-3,7-8,13-14,17H2,1H3. The monoisotopic (exact) mass is 442 g/mol. The van der Waals surface area contributed by atoms with Crippen LogP contribution in [0.2, 0.25) is 0 Å². The maximum absolute atomic E-state index is 13.0. The minimum atomic E-state index is -3.45. The van der Waals surface area contributed by atoms with Crippen molar-refractivity contribution in [3.8, 4) is 0 Å². The molecule has 1 amide bonds. The Morgan fingerprint density at radius 3 is 2.37 bits per heavy atom. The summed E-state index contributed by atoms with van der Waals surface area (Å²) in [5.74, 6) is 0.0869. The van der Waals surface area contributed by atoms with Crippen LogP contribution < -0.4 is 4.31 Å². The zero-order valence-electron chi connectivity index (χ0n) is 17.1. The Morgan fingerprint density at radius 1 is 1.00 bits per heavy atom. The summed E-state index contributed by atoms with van der Waals surface area (Å²) in [6, 6.07) is 17.1. The fourth-order valence-electron chi connectivity index (χ4n) is 3.87. The summed E-state index contributed by atoms with van der Waals surface area (Å²) in [6.45, 7) is 1.91. The van der Waals surface area contributed by atoms with Crippen molar-refractivity contribution in [2.24, 2.45) is 0 Å². The van der Waals surface area contributed by atoms with Crippen LogP contribution in [-0.4, -0.2) is 38.6 Å². The molecule has 1 saturated heterocycles. The topological polar surface area (TPSA) is 57.7 Å². The Bertz CT molecular complexity index is 1130. The molecule has 1 fully saturated rings. The number of thiophene rings is 1. The highest BCUT2D eigenvalue weighted by atomic mass is 32.2. The molecular formula is C23H26N2O3S2. The van der Waals surface area contributed by atoms with Crippen molar-refractivity contribution in [1.82, 2.24) is 4.90 Å². The van der Waals surface area contributed by atoms with E-state index in [2.05, 4.69) is 0 Å². The molecule has 2 heterocycles. The van der Waals surface area contributed by atoms with E-state index < -0.39 is 10.0 Å². The highest BCUT2D eigenvalue weighted by Gasteiger charge is 2.21. The molecule has 0 saturated carbocycles. The van der Waals surface area contributed by atoms with Crippen LogP contribution in [0.3, 0.4) is 0 Å². The normalized spacial score (nSPS) is 15.2. The third kappa shape index (κ3) is 4.68. The van der Waals surface area contributed by atoms with Gasteiger partial charge in [0.2, 0.25) is 10.0 Å². The van der Waals surface area contributed by atoms with E-state index in [4.69, 9.17) is 0 Å². The maximum atomic E-state index is 13.0. The largest absolute Gasteiger partial charge is 0.338 e. The number of nitrogens with zero attached hydrogens (tertiary/aromatic N) is 2. The van der Waals surface area contributed by atoms with Gasteiger partial charge in [0.05, 0.1) is 23.4 Å². The first-order valence-electron chi connectivity index (χ1n) is 10.3. The molecule has 0 unspecified atom stereocenters. The molecule has 0 radical (unpaired) electrons. The molecule has 2 aromatic carbocycles. The Morgan fingerprint density at radius 2 is 1.70 bits per heavy atom. The summed E-state index contributed by atoms with van der Waals surface area (Å²) in [6.07, 6.45) is 5.71. The van der Waals surface area contributed by atoms with Crippen LogP contribution in [0.5, 0.6) is 0 Å². The Balaban J connectivity index is 1.64. The van der Waals surface area contributed by atoms with Crippen molar-refractivity contribution < 1.29 is 13.2 Å². The lowest BCUT2D eigenvalue weighted by molar-refractivity contribution is 0.0766. The van der Waals surface area contributed by atoms with Gasteiger partial charge < -0.3 is 4.90 Å². The molecule has 7 heteroatoms. The van der Waals surface area contributed by atoms with Crippen molar-refractivity contribution in [3.05, 3.63) is 65.0 Å². The summed E-state index contributed by atoms with van der Waals surface area (Å²) >= 11 is 1.48. The predicted molar refractivity (Wildman–Crippen MR) is 124 cm³/mol. The lowest BCUT2D eigenvalue weighted by Crippen LogP contribution is -2.31. The van der Waals surface area contributed by atoms with Gasteiger partial charge in [-0.15, -0.1) is 11.3 Å². The zero-order chi connectivity index (χ0) is 21.1. The quantitative estimate of drug-likeness (QED) is 0.566. The van der Waals surface area contributed by atoms with Crippen LogP contribution in [-0.2, 0) is 16.6 Å². The zero-order valence-corrected chi connectivity index (χ0v) is 18.7. The second-order valence-corrected chi connectivity index (χ2v) is 10.8. The average molecular weight is 443 g/mol. The van der Waals surface area contributed by atoms with E-state index in [1.165, 1.54) is 34.7 Å². The minimum absolute atomic E-state index is 0.0869. The molecular weight excluding hydrogens is 416 g/mol. The Kier molecular flexibility index (Phi) is 6.11. The summed E-state index contributed by atoms with van der Waals surface area (Å²) in [5.41, 5.74) is 1.53. The molecule has 0 atom stereocenters. The first-order chi connectivity index (χ1) is 14.4. The lowest BCUT2D eigenvalue weighted by atomic mass is 10.2. The molecule has 4 rings (SSSR count). The predicted octanol–water partition coefficient (Wildman–Crippen LogP) is 4.88. The summed E-state index contributed by atoms with van der Waals surface area (Å²) in [7, 11) is -3.45. The Labute approximate surface area is 182 Å². The van der Waals surface area contributed by atoms with Gasteiger partial charge in [0.25, 0.3) is 5.91 Å². The highest BCUT2D eigenvalue weighted by Crippen LogP contribution is 2.32. The number of carbonyl (C=O) groups excluding carboxylic acids is 1. The van der Waals surface area contributed by atoms with E-state index in [0.29, 0.717) is 5.69 Å². The number of sulfonamides is 1. The number of hydrogen-bond donors (Lipinski definition) is 0. The van der Waals surface area contributed by atoms with E-state index in [1.54, 1.807) is 0 Å². The average Bonchev–Trinajstić information content (AvgIpc) is 2.96. The van der Waals surface area contributed by atoms with Crippen molar-refractivity contribution in [1.29, 1.82) is 0 Å². The van der Waals surface area contributed by atoms with Crippen LogP contribution >= 0.6 is 11.3 Å². The third-order valence-corrected chi connectivity index (χ3v) is 7.71. The van der Waals surface area contributed by atoms with Crippen LogP contribution in [0, 0.1) is 0 Å². The Hall–Kier alpha value is -2.38. The number of likely N-dealkylation sites (tertiary alicyclic amines) is 1. The third-order valence-electron chi connectivity index (χ3n) is 5.46. The fraction of sp³-hybridized carbons (Fsp3) is 0.348. The van der Waals surface area contributed by atoms with Crippen molar-refractivity contribution in [3.63, 3.8) is 0 Å². The summed E-state index contributed by atoms with van der Waals surface area (Å²) in [5, 5.41) is 0.900. The van der Waals surface area contributed by atoms with Crippen LogP contribution in [0.25, 0.3) is 10.1 Å². The van der Waals surface area contributed by atoms with Gasteiger partial charge in [0.1, 0.15) is 0 Å². The molecule has 3 aromatic rings. The van der Waals surface area contributed by atoms with E-state index in [-0.39, 0.29) is 12.5 Å². The van der Waals surface area contributed by atoms with E-state index in [9.17, 15) is 13.2 Å². The molecule has 0 N–H and O–H groups in total. The molecule has 30 heavy (non-hydrogen) atoms. The molecule has 1 aliphatic rings. The second-order valence-electron chi connectivity index (χ2n) is 7.79. The van der Waals surface area contributed by atoms with Gasteiger partial charge in [-0.3, -0.25) is 9.10 Å². The lowest BCUT2D eigenvalue weighted by Gasteiger charge is -2.22. The molecule has 0 aliphatic carbocycles. The summed E-state index contributed by atoms with van der Waals surface area (Å²) < 4.78 is 27.4. The molecule has 1 aliphatic heterocycles. The molecule has 0 spiro atoms. The van der Waals surface area contributed by atoms with Gasteiger partial charge in [-0.05, 0) is 48.1 Å².